The Labute approximate surface area is 157 Å². The monoisotopic (exact) mass is 365 g/mol. The lowest BCUT2D eigenvalue weighted by Gasteiger charge is -2.32. The maximum atomic E-state index is 12.6. The molecule has 1 aliphatic heterocycles. The van der Waals surface area contributed by atoms with Crippen LogP contribution >= 0.6 is 0 Å². The number of rotatable bonds is 4. The van der Waals surface area contributed by atoms with Crippen molar-refractivity contribution in [1.29, 1.82) is 0 Å². The van der Waals surface area contributed by atoms with E-state index in [4.69, 9.17) is 0 Å². The van der Waals surface area contributed by atoms with Crippen molar-refractivity contribution < 1.29 is 4.79 Å². The highest BCUT2D eigenvalue weighted by atomic mass is 16.2. The molecule has 7 heteroatoms. The molecule has 2 aromatic heterocycles. The smallest absolute Gasteiger partial charge is 0.264 e. The summed E-state index contributed by atoms with van der Waals surface area (Å²) >= 11 is 0. The predicted octanol–water partition coefficient (Wildman–Crippen LogP) is 1.61. The largest absolute Gasteiger partial charge is 0.341 e. The average Bonchev–Trinajstić information content (AvgIpc) is 3.07. The summed E-state index contributed by atoms with van der Waals surface area (Å²) in [5.41, 5.74) is 1.66. The Kier molecular flexibility index (Phi) is 4.75. The fourth-order valence-electron chi connectivity index (χ4n) is 3.76. The molecule has 7 nitrogen and oxygen atoms in total. The highest BCUT2D eigenvalue weighted by Gasteiger charge is 2.23. The fourth-order valence-corrected chi connectivity index (χ4v) is 3.76. The third-order valence-corrected chi connectivity index (χ3v) is 5.36. The second-order valence-electron chi connectivity index (χ2n) is 7.20. The summed E-state index contributed by atoms with van der Waals surface area (Å²) in [6, 6.07) is 10.5. The molecule has 0 unspecified atom stereocenters. The number of benzene rings is 1. The van der Waals surface area contributed by atoms with E-state index >= 15 is 0 Å². The van der Waals surface area contributed by atoms with E-state index in [9.17, 15) is 9.59 Å². The summed E-state index contributed by atoms with van der Waals surface area (Å²) < 4.78 is 2.93. The van der Waals surface area contributed by atoms with Gasteiger partial charge in [-0.05, 0) is 30.7 Å². The van der Waals surface area contributed by atoms with Gasteiger partial charge < -0.3 is 4.90 Å². The minimum absolute atomic E-state index is 0.0275. The summed E-state index contributed by atoms with van der Waals surface area (Å²) in [4.78, 5) is 31.3. The molecule has 0 atom stereocenters. The number of fused-ring (bicyclic) bond motifs is 1. The molecule has 0 radical (unpaired) electrons. The minimum Gasteiger partial charge on any atom is -0.341 e. The second kappa shape index (κ2) is 7.34. The zero-order chi connectivity index (χ0) is 18.8. The number of aryl methyl sites for hydroxylation is 1. The van der Waals surface area contributed by atoms with Crippen molar-refractivity contribution >= 4 is 16.9 Å². The van der Waals surface area contributed by atoms with Gasteiger partial charge >= 0.3 is 0 Å². The van der Waals surface area contributed by atoms with Crippen LogP contribution in [0, 0.1) is 5.92 Å². The van der Waals surface area contributed by atoms with Crippen molar-refractivity contribution in [1.82, 2.24) is 24.2 Å². The van der Waals surface area contributed by atoms with Gasteiger partial charge in [-0.3, -0.25) is 18.8 Å². The Morgan fingerprint density at radius 1 is 1.19 bits per heavy atom. The number of carbonyl (C=O) groups excluding carboxylic acids is 1. The van der Waals surface area contributed by atoms with E-state index in [1.54, 1.807) is 11.7 Å². The van der Waals surface area contributed by atoms with Crippen LogP contribution in [0.3, 0.4) is 0 Å². The van der Waals surface area contributed by atoms with Crippen LogP contribution in [0.2, 0.25) is 0 Å². The fraction of sp³-hybridized carbons (Fsp3) is 0.400. The van der Waals surface area contributed by atoms with Crippen LogP contribution in [0.1, 0.15) is 18.4 Å². The number of carbonyl (C=O) groups is 1. The number of hydrogen-bond acceptors (Lipinski definition) is 4. The van der Waals surface area contributed by atoms with Crippen molar-refractivity contribution in [2.24, 2.45) is 13.0 Å². The van der Waals surface area contributed by atoms with Crippen LogP contribution in [-0.4, -0.2) is 43.2 Å². The van der Waals surface area contributed by atoms with Gasteiger partial charge in [-0.1, -0.05) is 30.3 Å². The van der Waals surface area contributed by atoms with E-state index < -0.39 is 0 Å². The molecule has 0 bridgehead atoms. The molecule has 1 aliphatic rings. The number of nitrogens with zero attached hydrogens (tertiary/aromatic N) is 5. The predicted molar refractivity (Wildman–Crippen MR) is 102 cm³/mol. The third-order valence-electron chi connectivity index (χ3n) is 5.36. The van der Waals surface area contributed by atoms with E-state index in [1.807, 2.05) is 11.0 Å². The summed E-state index contributed by atoms with van der Waals surface area (Å²) in [6.07, 6.45) is 5.99. The van der Waals surface area contributed by atoms with E-state index in [0.717, 1.165) is 32.4 Å². The van der Waals surface area contributed by atoms with Crippen LogP contribution in [0.4, 0.5) is 0 Å². The van der Waals surface area contributed by atoms with Crippen LogP contribution in [0.15, 0.2) is 47.7 Å². The van der Waals surface area contributed by atoms with Gasteiger partial charge in [0.1, 0.15) is 18.3 Å². The first-order valence-electron chi connectivity index (χ1n) is 9.30. The number of likely N-dealkylation sites (tertiary alicyclic amines) is 1. The molecule has 27 heavy (non-hydrogen) atoms. The first-order valence-corrected chi connectivity index (χ1v) is 9.30. The van der Waals surface area contributed by atoms with Crippen molar-refractivity contribution in [2.75, 3.05) is 13.1 Å². The zero-order valence-corrected chi connectivity index (χ0v) is 15.4. The third kappa shape index (κ3) is 3.63. The van der Waals surface area contributed by atoms with Crippen molar-refractivity contribution in [2.45, 2.75) is 25.8 Å². The van der Waals surface area contributed by atoms with E-state index in [2.05, 4.69) is 34.3 Å². The summed E-state index contributed by atoms with van der Waals surface area (Å²) in [7, 11) is 1.74. The molecule has 1 aromatic carbocycles. The van der Waals surface area contributed by atoms with Gasteiger partial charge in [-0.15, -0.1) is 0 Å². The lowest BCUT2D eigenvalue weighted by Crippen LogP contribution is -2.41. The zero-order valence-electron chi connectivity index (χ0n) is 15.4. The van der Waals surface area contributed by atoms with Gasteiger partial charge in [0.15, 0.2) is 5.65 Å². The maximum absolute atomic E-state index is 12.6. The standard InChI is InChI=1S/C20H23N5O2/c1-23-19-17(12-22-23)20(27)25(14-21-19)13-18(26)24-9-7-16(8-10-24)11-15-5-3-2-4-6-15/h2-6,12,14,16H,7-11,13H2,1H3. The van der Waals surface area contributed by atoms with E-state index in [-0.39, 0.29) is 18.0 Å². The minimum atomic E-state index is -0.222. The van der Waals surface area contributed by atoms with Crippen LogP contribution in [-0.2, 0) is 24.8 Å². The first-order chi connectivity index (χ1) is 13.1. The summed E-state index contributed by atoms with van der Waals surface area (Å²) in [5.74, 6) is 0.577. The molecule has 0 aliphatic carbocycles. The molecule has 4 rings (SSSR count). The molecule has 1 saturated heterocycles. The molecule has 140 valence electrons. The topological polar surface area (TPSA) is 73.0 Å². The number of aromatic nitrogens is 4. The maximum Gasteiger partial charge on any atom is 0.264 e. The molecule has 1 fully saturated rings. The van der Waals surface area contributed by atoms with E-state index in [1.165, 1.54) is 22.7 Å². The van der Waals surface area contributed by atoms with E-state index in [0.29, 0.717) is 17.0 Å². The molecule has 0 saturated carbocycles. The van der Waals surface area contributed by atoms with Crippen molar-refractivity contribution in [3.63, 3.8) is 0 Å². The molecule has 0 N–H and O–H groups in total. The molecule has 3 heterocycles. The number of amides is 1. The first kappa shape index (κ1) is 17.5. The highest BCUT2D eigenvalue weighted by molar-refractivity contribution is 5.77. The normalized spacial score (nSPS) is 15.4. The van der Waals surface area contributed by atoms with Gasteiger partial charge in [0.05, 0.1) is 6.20 Å². The van der Waals surface area contributed by atoms with Gasteiger partial charge in [-0.2, -0.15) is 5.10 Å². The Hall–Kier alpha value is -2.96. The summed E-state index contributed by atoms with van der Waals surface area (Å²) in [6.45, 7) is 1.52. The van der Waals surface area contributed by atoms with Gasteiger partial charge in [0.2, 0.25) is 5.91 Å². The lowest BCUT2D eigenvalue weighted by molar-refractivity contribution is -0.133. The second-order valence-corrected chi connectivity index (χ2v) is 7.20. The molecule has 3 aromatic rings. The molecule has 0 spiro atoms. The van der Waals surface area contributed by atoms with Crippen LogP contribution < -0.4 is 5.56 Å². The van der Waals surface area contributed by atoms with Gasteiger partial charge in [0.25, 0.3) is 5.56 Å². The Balaban J connectivity index is 1.37. The Morgan fingerprint density at radius 3 is 2.67 bits per heavy atom. The Morgan fingerprint density at radius 2 is 1.93 bits per heavy atom. The van der Waals surface area contributed by atoms with Crippen LogP contribution in [0.5, 0.6) is 0 Å². The highest BCUT2D eigenvalue weighted by Crippen LogP contribution is 2.21. The number of piperidine rings is 1. The number of hydrogen-bond donors (Lipinski definition) is 0. The van der Waals surface area contributed by atoms with Crippen molar-refractivity contribution in [3.8, 4) is 0 Å². The quantitative estimate of drug-likeness (QED) is 0.704. The van der Waals surface area contributed by atoms with Gasteiger partial charge in [0, 0.05) is 20.1 Å². The molecule has 1 amide bonds. The van der Waals surface area contributed by atoms with Gasteiger partial charge in [-0.25, -0.2) is 4.98 Å². The summed E-state index contributed by atoms with van der Waals surface area (Å²) in [5, 5.41) is 4.49. The Bertz CT molecular complexity index is 1000. The SMILES string of the molecule is Cn1ncc2c(=O)n(CC(=O)N3CCC(Cc4ccccc4)CC3)cnc21. The average molecular weight is 365 g/mol. The molecular formula is C20H23N5O2. The lowest BCUT2D eigenvalue weighted by atomic mass is 9.90. The molecular weight excluding hydrogens is 342 g/mol. The van der Waals surface area contributed by atoms with Crippen molar-refractivity contribution in [3.05, 3.63) is 58.8 Å². The van der Waals surface area contributed by atoms with Crippen LogP contribution in [0.25, 0.3) is 11.0 Å².